The molecule has 2 heterocycles. The average molecular weight is 330 g/mol. The van der Waals surface area contributed by atoms with E-state index < -0.39 is 0 Å². The van der Waals surface area contributed by atoms with Crippen molar-refractivity contribution in [3.8, 4) is 10.6 Å². The highest BCUT2D eigenvalue weighted by molar-refractivity contribution is 7.13. The van der Waals surface area contributed by atoms with Gasteiger partial charge in [-0.05, 0) is 32.4 Å². The van der Waals surface area contributed by atoms with Crippen LogP contribution < -0.4 is 10.6 Å². The number of carbonyl (C=O) groups is 1. The molecule has 3 rings (SSSR count). The van der Waals surface area contributed by atoms with Crippen molar-refractivity contribution in [1.29, 1.82) is 0 Å². The third kappa shape index (κ3) is 4.09. The van der Waals surface area contributed by atoms with E-state index in [4.69, 9.17) is 0 Å². The van der Waals surface area contributed by atoms with Crippen LogP contribution in [0.1, 0.15) is 20.3 Å². The van der Waals surface area contributed by atoms with Crippen molar-refractivity contribution in [2.75, 3.05) is 18.4 Å². The minimum absolute atomic E-state index is 0.142. The molecule has 1 aliphatic heterocycles. The van der Waals surface area contributed by atoms with E-state index in [9.17, 15) is 4.79 Å². The van der Waals surface area contributed by atoms with E-state index in [0.29, 0.717) is 6.04 Å². The molecule has 1 aliphatic rings. The van der Waals surface area contributed by atoms with E-state index in [1.54, 1.807) is 17.5 Å². The topological polar surface area (TPSA) is 57.3 Å². The Kier molecular flexibility index (Phi) is 4.93. The molecule has 23 heavy (non-hydrogen) atoms. The number of rotatable bonds is 4. The Bertz CT molecular complexity index is 656. The predicted molar refractivity (Wildman–Crippen MR) is 94.8 cm³/mol. The number of carbonyl (C=O) groups excluding carboxylic acids is 1. The van der Waals surface area contributed by atoms with E-state index in [1.165, 1.54) is 0 Å². The number of benzene rings is 1. The fourth-order valence-corrected chi connectivity index (χ4v) is 3.46. The quantitative estimate of drug-likeness (QED) is 0.903. The first-order valence-corrected chi connectivity index (χ1v) is 8.81. The van der Waals surface area contributed by atoms with Gasteiger partial charge in [-0.1, -0.05) is 12.1 Å². The first-order valence-electron chi connectivity index (χ1n) is 7.93. The second-order valence-electron chi connectivity index (χ2n) is 6.09. The van der Waals surface area contributed by atoms with Crippen molar-refractivity contribution in [3.05, 3.63) is 35.8 Å². The van der Waals surface area contributed by atoms with Gasteiger partial charge in [0.15, 0.2) is 0 Å². The van der Waals surface area contributed by atoms with Crippen molar-refractivity contribution >= 4 is 23.1 Å². The van der Waals surface area contributed by atoms with Gasteiger partial charge in [-0.3, -0.25) is 4.90 Å². The highest BCUT2D eigenvalue weighted by Crippen LogP contribution is 2.24. The molecule has 0 bridgehead atoms. The number of hydrogen-bond acceptors (Lipinski definition) is 4. The van der Waals surface area contributed by atoms with Gasteiger partial charge in [0.1, 0.15) is 5.01 Å². The molecule has 0 unspecified atom stereocenters. The largest absolute Gasteiger partial charge is 0.334 e. The maximum Gasteiger partial charge on any atom is 0.319 e. The van der Waals surface area contributed by atoms with E-state index in [0.717, 1.165) is 35.8 Å². The molecular formula is C17H22N4OS. The predicted octanol–water partition coefficient (Wildman–Crippen LogP) is 3.41. The number of urea groups is 1. The Balaban J connectivity index is 1.57. The molecular weight excluding hydrogens is 308 g/mol. The molecule has 1 aromatic heterocycles. The zero-order valence-corrected chi connectivity index (χ0v) is 14.3. The van der Waals surface area contributed by atoms with Crippen LogP contribution in [0.15, 0.2) is 35.8 Å². The lowest BCUT2D eigenvalue weighted by Gasteiger charge is -2.20. The lowest BCUT2D eigenvalue weighted by molar-refractivity contribution is 0.244. The first kappa shape index (κ1) is 16.0. The number of amides is 2. The van der Waals surface area contributed by atoms with Gasteiger partial charge in [0, 0.05) is 48.0 Å². The fourth-order valence-electron chi connectivity index (χ4n) is 2.82. The third-order valence-electron chi connectivity index (χ3n) is 4.08. The van der Waals surface area contributed by atoms with Crippen LogP contribution >= 0.6 is 11.3 Å². The highest BCUT2D eigenvalue weighted by Gasteiger charge is 2.25. The van der Waals surface area contributed by atoms with Crippen LogP contribution in [0.3, 0.4) is 0 Å². The molecule has 1 saturated heterocycles. The molecule has 2 aromatic rings. The number of nitrogens with one attached hydrogen (secondary N) is 2. The van der Waals surface area contributed by atoms with Crippen molar-refractivity contribution in [1.82, 2.24) is 15.2 Å². The summed E-state index contributed by atoms with van der Waals surface area (Å²) in [5, 5.41) is 8.89. The smallest absolute Gasteiger partial charge is 0.319 e. The minimum atomic E-state index is -0.142. The monoisotopic (exact) mass is 330 g/mol. The molecule has 6 heteroatoms. The van der Waals surface area contributed by atoms with Crippen LogP contribution in [-0.4, -0.2) is 41.1 Å². The summed E-state index contributed by atoms with van der Waals surface area (Å²) in [4.78, 5) is 18.9. The molecule has 0 aliphatic carbocycles. The van der Waals surface area contributed by atoms with Gasteiger partial charge >= 0.3 is 6.03 Å². The van der Waals surface area contributed by atoms with Crippen LogP contribution in [-0.2, 0) is 0 Å². The van der Waals surface area contributed by atoms with Crippen molar-refractivity contribution in [2.45, 2.75) is 32.4 Å². The van der Waals surface area contributed by atoms with Gasteiger partial charge in [0.25, 0.3) is 0 Å². The third-order valence-corrected chi connectivity index (χ3v) is 4.91. The Morgan fingerprint density at radius 1 is 1.43 bits per heavy atom. The van der Waals surface area contributed by atoms with Crippen molar-refractivity contribution in [3.63, 3.8) is 0 Å². The zero-order valence-electron chi connectivity index (χ0n) is 13.5. The molecule has 1 aromatic carbocycles. The van der Waals surface area contributed by atoms with E-state index >= 15 is 0 Å². The van der Waals surface area contributed by atoms with E-state index in [2.05, 4.69) is 34.4 Å². The van der Waals surface area contributed by atoms with Crippen LogP contribution in [0.2, 0.25) is 0 Å². The summed E-state index contributed by atoms with van der Waals surface area (Å²) in [7, 11) is 0. The number of likely N-dealkylation sites (tertiary alicyclic amines) is 1. The average Bonchev–Trinajstić information content (AvgIpc) is 3.18. The molecule has 0 radical (unpaired) electrons. The van der Waals surface area contributed by atoms with E-state index in [1.807, 2.05) is 29.6 Å². The van der Waals surface area contributed by atoms with Crippen molar-refractivity contribution < 1.29 is 4.79 Å². The normalized spacial score (nSPS) is 18.3. The summed E-state index contributed by atoms with van der Waals surface area (Å²) in [5.41, 5.74) is 1.80. The number of hydrogen-bond donors (Lipinski definition) is 2. The molecule has 5 nitrogen and oxygen atoms in total. The van der Waals surface area contributed by atoms with Gasteiger partial charge in [-0.15, -0.1) is 11.3 Å². The zero-order chi connectivity index (χ0) is 16.2. The first-order chi connectivity index (χ1) is 11.1. The molecule has 0 saturated carbocycles. The Morgan fingerprint density at radius 2 is 2.30 bits per heavy atom. The molecule has 2 N–H and O–H groups in total. The lowest BCUT2D eigenvalue weighted by atomic mass is 10.2. The van der Waals surface area contributed by atoms with Crippen LogP contribution in [0.25, 0.3) is 10.6 Å². The summed E-state index contributed by atoms with van der Waals surface area (Å²) in [6.07, 6.45) is 2.79. The van der Waals surface area contributed by atoms with Crippen LogP contribution in [0.4, 0.5) is 10.5 Å². The van der Waals surface area contributed by atoms with Gasteiger partial charge in [-0.2, -0.15) is 0 Å². The number of nitrogens with zero attached hydrogens (tertiary/aromatic N) is 2. The van der Waals surface area contributed by atoms with Crippen LogP contribution in [0.5, 0.6) is 0 Å². The summed E-state index contributed by atoms with van der Waals surface area (Å²) in [6.45, 7) is 6.34. The molecule has 2 amide bonds. The molecule has 1 fully saturated rings. The number of aromatic nitrogens is 1. The Morgan fingerprint density at radius 3 is 3.00 bits per heavy atom. The second kappa shape index (κ2) is 7.10. The molecule has 0 spiro atoms. The standard InChI is InChI=1S/C17H22N4OS/c1-12(2)21-8-6-15(11-21)20-17(22)19-14-5-3-4-13(10-14)16-18-7-9-23-16/h3-5,7,9-10,12,15H,6,8,11H2,1-2H3,(H2,19,20,22)/t15-/m0/s1. The van der Waals surface area contributed by atoms with Gasteiger partial charge < -0.3 is 10.6 Å². The maximum atomic E-state index is 12.2. The maximum absolute atomic E-state index is 12.2. The van der Waals surface area contributed by atoms with Gasteiger partial charge in [-0.25, -0.2) is 9.78 Å². The summed E-state index contributed by atoms with van der Waals surface area (Å²) >= 11 is 1.59. The summed E-state index contributed by atoms with van der Waals surface area (Å²) < 4.78 is 0. The number of anilines is 1. The highest BCUT2D eigenvalue weighted by atomic mass is 32.1. The number of thiazole rings is 1. The van der Waals surface area contributed by atoms with Crippen molar-refractivity contribution in [2.24, 2.45) is 0 Å². The Labute approximate surface area is 140 Å². The summed E-state index contributed by atoms with van der Waals surface area (Å²) in [6, 6.07) is 8.39. The van der Waals surface area contributed by atoms with Crippen LogP contribution in [0, 0.1) is 0 Å². The van der Waals surface area contributed by atoms with Gasteiger partial charge in [0.2, 0.25) is 0 Å². The summed E-state index contributed by atoms with van der Waals surface area (Å²) in [5.74, 6) is 0. The SMILES string of the molecule is CC(C)N1CC[C@H](NC(=O)Nc2cccc(-c3nccs3)c2)C1. The second-order valence-corrected chi connectivity index (χ2v) is 6.99. The lowest BCUT2D eigenvalue weighted by Crippen LogP contribution is -2.40. The minimum Gasteiger partial charge on any atom is -0.334 e. The van der Waals surface area contributed by atoms with Gasteiger partial charge in [0.05, 0.1) is 0 Å². The fraction of sp³-hybridized carbons (Fsp3) is 0.412. The molecule has 1 atom stereocenters. The Hall–Kier alpha value is -1.92. The van der Waals surface area contributed by atoms with E-state index in [-0.39, 0.29) is 12.1 Å². The molecule has 122 valence electrons.